The van der Waals surface area contributed by atoms with E-state index in [2.05, 4.69) is 35.0 Å². The van der Waals surface area contributed by atoms with Crippen LogP contribution in [-0.4, -0.2) is 46.0 Å². The van der Waals surface area contributed by atoms with Gasteiger partial charge in [-0.3, -0.25) is 4.79 Å². The van der Waals surface area contributed by atoms with E-state index in [9.17, 15) is 9.90 Å². The number of fused-ring (bicyclic) bond motifs is 2. The number of ketones is 1. The third-order valence-electron chi connectivity index (χ3n) is 6.67. The van der Waals surface area contributed by atoms with Gasteiger partial charge in [0.05, 0.1) is 18.1 Å². The van der Waals surface area contributed by atoms with Crippen LogP contribution < -0.4 is 4.74 Å². The molecular weight excluding hydrogens is 376 g/mol. The Morgan fingerprint density at radius 3 is 2.67 bits per heavy atom. The van der Waals surface area contributed by atoms with Gasteiger partial charge in [-0.1, -0.05) is 23.3 Å². The summed E-state index contributed by atoms with van der Waals surface area (Å²) in [6.45, 7) is 6.27. The topological polar surface area (TPSA) is 65.6 Å². The molecule has 30 heavy (non-hydrogen) atoms. The van der Waals surface area contributed by atoms with Crippen LogP contribution in [0.5, 0.6) is 5.75 Å². The van der Waals surface area contributed by atoms with Crippen molar-refractivity contribution < 1.29 is 14.6 Å². The Bertz CT molecular complexity index is 1110. The normalized spacial score (nSPS) is 19.6. The van der Waals surface area contributed by atoms with E-state index in [1.807, 2.05) is 31.3 Å². The van der Waals surface area contributed by atoms with E-state index in [-0.39, 0.29) is 5.78 Å². The minimum absolute atomic E-state index is 0.183. The van der Waals surface area contributed by atoms with E-state index in [4.69, 9.17) is 4.74 Å². The van der Waals surface area contributed by atoms with Gasteiger partial charge in [0, 0.05) is 55.1 Å². The minimum Gasteiger partial charge on any atom is -0.486 e. The second-order valence-electron chi connectivity index (χ2n) is 8.99. The first-order chi connectivity index (χ1) is 14.4. The van der Waals surface area contributed by atoms with Crippen molar-refractivity contribution in [1.29, 1.82) is 0 Å². The molecule has 0 radical (unpaired) electrons. The summed E-state index contributed by atoms with van der Waals surface area (Å²) < 4.78 is 6.37. The largest absolute Gasteiger partial charge is 0.486 e. The molecule has 1 aromatic heterocycles. The first-order valence-electron chi connectivity index (χ1n) is 10.7. The van der Waals surface area contributed by atoms with E-state index in [0.29, 0.717) is 18.5 Å². The molecule has 2 aromatic carbocycles. The molecule has 1 atom stereocenters. The summed E-state index contributed by atoms with van der Waals surface area (Å²) in [6, 6.07) is 12.1. The number of aliphatic hydroxyl groups excluding tert-OH is 1. The van der Waals surface area contributed by atoms with Gasteiger partial charge in [-0.05, 0) is 38.1 Å². The van der Waals surface area contributed by atoms with Crippen molar-refractivity contribution >= 4 is 16.7 Å². The van der Waals surface area contributed by atoms with Crippen LogP contribution in [0.25, 0.3) is 10.9 Å². The zero-order chi connectivity index (χ0) is 20.9. The lowest BCUT2D eigenvalue weighted by molar-refractivity contribution is -0.0182. The summed E-state index contributed by atoms with van der Waals surface area (Å²) in [4.78, 5) is 18.3. The number of Topliss-reactive ketones (excluding diaryl/α,β-unsaturated/α-hetero) is 1. The molecule has 2 aliphatic heterocycles. The molecule has 0 bridgehead atoms. The Kier molecular flexibility index (Phi) is 4.68. The molecule has 5 nitrogen and oxygen atoms in total. The smallest absolute Gasteiger partial charge is 0.170 e. The number of piperidine rings is 1. The molecule has 5 heteroatoms. The highest BCUT2D eigenvalue weighted by Crippen LogP contribution is 2.40. The fourth-order valence-electron chi connectivity index (χ4n) is 4.90. The van der Waals surface area contributed by atoms with Gasteiger partial charge in [0.2, 0.25) is 0 Å². The van der Waals surface area contributed by atoms with Gasteiger partial charge in [-0.2, -0.15) is 0 Å². The number of nitrogens with zero attached hydrogens (tertiary/aromatic N) is 1. The van der Waals surface area contributed by atoms with Gasteiger partial charge < -0.3 is 19.7 Å². The molecule has 3 aromatic rings. The Hall–Kier alpha value is -2.63. The van der Waals surface area contributed by atoms with Gasteiger partial charge in [0.25, 0.3) is 0 Å². The second kappa shape index (κ2) is 7.25. The zero-order valence-electron chi connectivity index (χ0n) is 17.6. The molecule has 1 saturated heterocycles. The number of aromatic amines is 1. The average molecular weight is 405 g/mol. The van der Waals surface area contributed by atoms with Crippen LogP contribution in [0.1, 0.15) is 52.4 Å². The number of rotatable bonds is 3. The molecule has 2 aliphatic rings. The number of carbonyl (C=O) groups is 1. The maximum atomic E-state index is 12.7. The number of nitrogens with one attached hydrogen (secondary N) is 1. The lowest BCUT2D eigenvalue weighted by Gasteiger charge is -2.44. The quantitative estimate of drug-likeness (QED) is 0.682. The zero-order valence-corrected chi connectivity index (χ0v) is 17.6. The maximum absolute atomic E-state index is 12.7. The molecule has 0 aliphatic carbocycles. The summed E-state index contributed by atoms with van der Waals surface area (Å²) >= 11 is 0. The van der Waals surface area contributed by atoms with Crippen molar-refractivity contribution in [1.82, 2.24) is 9.88 Å². The summed E-state index contributed by atoms with van der Waals surface area (Å²) in [5.41, 5.74) is 4.58. The predicted octanol–water partition coefficient (Wildman–Crippen LogP) is 4.32. The van der Waals surface area contributed by atoms with Gasteiger partial charge in [-0.25, -0.2) is 0 Å². The number of H-pyrrole nitrogens is 1. The van der Waals surface area contributed by atoms with Crippen molar-refractivity contribution in [3.8, 4) is 5.75 Å². The number of aliphatic hydroxyl groups is 1. The number of β-amino-alcohol motifs (C(OH)–C–C–N with tert-alkyl or cyclic N) is 1. The van der Waals surface area contributed by atoms with Crippen LogP contribution in [0.15, 0.2) is 42.6 Å². The van der Waals surface area contributed by atoms with E-state index in [0.717, 1.165) is 53.7 Å². The third-order valence-corrected chi connectivity index (χ3v) is 6.67. The fraction of sp³-hybridized carbons (Fsp3) is 0.400. The van der Waals surface area contributed by atoms with Gasteiger partial charge in [0.15, 0.2) is 5.78 Å². The molecule has 0 saturated carbocycles. The van der Waals surface area contributed by atoms with Crippen LogP contribution in [-0.2, 0) is 0 Å². The van der Waals surface area contributed by atoms with Crippen LogP contribution in [0.4, 0.5) is 0 Å². The van der Waals surface area contributed by atoms with Crippen LogP contribution in [0.3, 0.4) is 0 Å². The summed E-state index contributed by atoms with van der Waals surface area (Å²) in [5.74, 6) is 0.905. The van der Waals surface area contributed by atoms with Crippen molar-refractivity contribution in [3.05, 3.63) is 64.8 Å². The molecule has 1 spiro atoms. The maximum Gasteiger partial charge on any atom is 0.170 e. The summed E-state index contributed by atoms with van der Waals surface area (Å²) in [6.07, 6.45) is 3.41. The van der Waals surface area contributed by atoms with E-state index < -0.39 is 11.7 Å². The minimum atomic E-state index is -0.549. The molecule has 5 rings (SSSR count). The van der Waals surface area contributed by atoms with E-state index in [1.54, 1.807) is 0 Å². The number of benzene rings is 2. The molecule has 156 valence electrons. The molecule has 1 fully saturated rings. The van der Waals surface area contributed by atoms with Gasteiger partial charge in [-0.15, -0.1) is 0 Å². The lowest BCUT2D eigenvalue weighted by Crippen LogP contribution is -2.51. The van der Waals surface area contributed by atoms with Crippen LogP contribution in [0, 0.1) is 13.8 Å². The standard InChI is InChI=1S/C25H28N2O3/c1-16-3-5-21-18(11-16)20(14-26-21)23(29)15-27-9-7-25(8-10-27)13-22(28)19-12-17(2)4-6-24(19)30-25/h3-6,11-12,14,23,26,29H,7-10,13,15H2,1-2H3. The van der Waals surface area contributed by atoms with Crippen molar-refractivity contribution in [2.75, 3.05) is 19.6 Å². The monoisotopic (exact) mass is 404 g/mol. The Morgan fingerprint density at radius 2 is 1.87 bits per heavy atom. The number of carbonyl (C=O) groups excluding carboxylic acids is 1. The van der Waals surface area contributed by atoms with Crippen molar-refractivity contribution in [2.45, 2.75) is 44.8 Å². The second-order valence-corrected chi connectivity index (χ2v) is 8.99. The Morgan fingerprint density at radius 1 is 1.13 bits per heavy atom. The van der Waals surface area contributed by atoms with Crippen LogP contribution >= 0.6 is 0 Å². The molecular formula is C25H28N2O3. The molecule has 3 heterocycles. The number of ether oxygens (including phenoxy) is 1. The summed E-state index contributed by atoms with van der Waals surface area (Å²) in [7, 11) is 0. The Labute approximate surface area is 176 Å². The third kappa shape index (κ3) is 3.42. The number of hydrogen-bond acceptors (Lipinski definition) is 4. The van der Waals surface area contributed by atoms with Crippen molar-refractivity contribution in [2.24, 2.45) is 0 Å². The SMILES string of the molecule is Cc1ccc2c(c1)C(=O)CC1(CCN(CC(O)c3c[nH]c4ccc(C)cc34)CC1)O2. The number of likely N-dealkylation sites (tertiary alicyclic amines) is 1. The van der Waals surface area contributed by atoms with E-state index >= 15 is 0 Å². The average Bonchev–Trinajstić information content (AvgIpc) is 3.14. The Balaban J connectivity index is 1.26. The van der Waals surface area contributed by atoms with Crippen molar-refractivity contribution in [3.63, 3.8) is 0 Å². The highest BCUT2D eigenvalue weighted by atomic mass is 16.5. The van der Waals surface area contributed by atoms with Gasteiger partial charge in [0.1, 0.15) is 11.4 Å². The number of aryl methyl sites for hydroxylation is 2. The number of aromatic nitrogens is 1. The van der Waals surface area contributed by atoms with Gasteiger partial charge >= 0.3 is 0 Å². The number of hydrogen-bond donors (Lipinski definition) is 2. The van der Waals surface area contributed by atoms with E-state index in [1.165, 1.54) is 5.56 Å². The summed E-state index contributed by atoms with van der Waals surface area (Å²) in [5, 5.41) is 12.0. The highest BCUT2D eigenvalue weighted by molar-refractivity contribution is 6.00. The predicted molar refractivity (Wildman–Crippen MR) is 117 cm³/mol. The first kappa shape index (κ1) is 19.3. The molecule has 0 amide bonds. The lowest BCUT2D eigenvalue weighted by atomic mass is 9.82. The first-order valence-corrected chi connectivity index (χ1v) is 10.7. The highest BCUT2D eigenvalue weighted by Gasteiger charge is 2.43. The molecule has 1 unspecified atom stereocenters. The van der Waals surface area contributed by atoms with Crippen LogP contribution in [0.2, 0.25) is 0 Å². The fourth-order valence-corrected chi connectivity index (χ4v) is 4.90. The molecule has 2 N–H and O–H groups in total.